The molecule has 1 aromatic carbocycles. The van der Waals surface area contributed by atoms with Gasteiger partial charge < -0.3 is 9.64 Å². The van der Waals surface area contributed by atoms with E-state index >= 15 is 0 Å². The number of methoxy groups -OCH3 is 1. The van der Waals surface area contributed by atoms with Crippen molar-refractivity contribution in [1.82, 2.24) is 10.2 Å². The molecule has 1 aromatic rings. The number of imide groups is 1. The summed E-state index contributed by atoms with van der Waals surface area (Å²) in [6.07, 6.45) is 0.623. The Hall–Kier alpha value is -2.37. The maximum atomic E-state index is 12.6. The molecule has 0 bridgehead atoms. The molecule has 1 saturated heterocycles. The lowest BCUT2D eigenvalue weighted by Crippen LogP contribution is -2.53. The Morgan fingerprint density at radius 3 is 2.71 bits per heavy atom. The Labute approximate surface area is 122 Å². The van der Waals surface area contributed by atoms with E-state index in [1.54, 1.807) is 24.1 Å². The fraction of sp³-hybridized carbons (Fsp3) is 0.400. The Balaban J connectivity index is 1.94. The number of ether oxygens (including phenoxy) is 1. The van der Waals surface area contributed by atoms with Crippen LogP contribution in [0.1, 0.15) is 41.7 Å². The monoisotopic (exact) mass is 288 g/mol. The molecular weight excluding hydrogens is 272 g/mol. The molecule has 21 heavy (non-hydrogen) atoms. The van der Waals surface area contributed by atoms with E-state index in [1.807, 2.05) is 13.0 Å². The molecule has 2 aliphatic heterocycles. The van der Waals surface area contributed by atoms with E-state index in [1.165, 1.54) is 0 Å². The number of nitrogens with one attached hydrogen (secondary N) is 1. The Morgan fingerprint density at radius 2 is 2.05 bits per heavy atom. The van der Waals surface area contributed by atoms with Gasteiger partial charge in [-0.3, -0.25) is 19.7 Å². The van der Waals surface area contributed by atoms with Gasteiger partial charge in [-0.25, -0.2) is 0 Å². The van der Waals surface area contributed by atoms with Crippen LogP contribution in [0.25, 0.3) is 0 Å². The van der Waals surface area contributed by atoms with E-state index in [9.17, 15) is 14.4 Å². The molecule has 2 aliphatic rings. The zero-order valence-corrected chi connectivity index (χ0v) is 11.9. The zero-order chi connectivity index (χ0) is 15.1. The first-order chi connectivity index (χ1) is 10.0. The molecule has 0 spiro atoms. The van der Waals surface area contributed by atoms with E-state index in [0.29, 0.717) is 17.7 Å². The van der Waals surface area contributed by atoms with Crippen molar-refractivity contribution < 1.29 is 19.1 Å². The van der Waals surface area contributed by atoms with E-state index in [2.05, 4.69) is 5.32 Å². The van der Waals surface area contributed by atoms with Gasteiger partial charge >= 0.3 is 0 Å². The van der Waals surface area contributed by atoms with E-state index in [-0.39, 0.29) is 24.3 Å². The second-order valence-electron chi connectivity index (χ2n) is 5.31. The topological polar surface area (TPSA) is 75.7 Å². The van der Waals surface area contributed by atoms with Crippen LogP contribution in [0.3, 0.4) is 0 Å². The molecule has 3 rings (SSSR count). The van der Waals surface area contributed by atoms with E-state index in [4.69, 9.17) is 4.74 Å². The summed E-state index contributed by atoms with van der Waals surface area (Å²) in [7, 11) is 1.54. The van der Waals surface area contributed by atoms with Crippen molar-refractivity contribution in [3.05, 3.63) is 29.3 Å². The van der Waals surface area contributed by atoms with Crippen molar-refractivity contribution in [1.29, 1.82) is 0 Å². The number of piperidine rings is 1. The first kappa shape index (κ1) is 13.6. The van der Waals surface area contributed by atoms with E-state index < -0.39 is 11.9 Å². The summed E-state index contributed by atoms with van der Waals surface area (Å²) in [5.41, 5.74) is 1.44. The first-order valence-corrected chi connectivity index (χ1v) is 6.87. The molecule has 3 amide bonds. The lowest BCUT2D eigenvalue weighted by molar-refractivity contribution is -0.137. The number of nitrogens with zero attached hydrogens (tertiary/aromatic N) is 1. The van der Waals surface area contributed by atoms with Crippen LogP contribution in [0.4, 0.5) is 0 Å². The average molecular weight is 288 g/mol. The maximum absolute atomic E-state index is 12.6. The molecule has 1 fully saturated rings. The van der Waals surface area contributed by atoms with Gasteiger partial charge in [-0.2, -0.15) is 0 Å². The second kappa shape index (κ2) is 4.87. The highest BCUT2D eigenvalue weighted by Crippen LogP contribution is 2.37. The summed E-state index contributed by atoms with van der Waals surface area (Å²) in [5, 5.41) is 2.30. The molecule has 0 radical (unpaired) electrons. The minimum absolute atomic E-state index is 0.189. The van der Waals surface area contributed by atoms with Gasteiger partial charge in [0.05, 0.1) is 13.2 Å². The van der Waals surface area contributed by atoms with Crippen molar-refractivity contribution in [2.75, 3.05) is 7.11 Å². The number of carbonyl (C=O) groups excluding carboxylic acids is 3. The van der Waals surface area contributed by atoms with Crippen LogP contribution in [-0.4, -0.2) is 35.8 Å². The van der Waals surface area contributed by atoms with Crippen LogP contribution in [0.2, 0.25) is 0 Å². The summed E-state index contributed by atoms with van der Waals surface area (Å²) in [6.45, 7) is 1.89. The minimum atomic E-state index is -0.594. The molecule has 2 unspecified atom stereocenters. The molecule has 6 nitrogen and oxygen atoms in total. The number of hydrogen-bond donors (Lipinski definition) is 1. The number of hydrogen-bond acceptors (Lipinski definition) is 4. The number of fused-ring (bicyclic) bond motifs is 1. The highest BCUT2D eigenvalue weighted by molar-refractivity contribution is 6.06. The van der Waals surface area contributed by atoms with Gasteiger partial charge in [0.1, 0.15) is 11.8 Å². The third kappa shape index (κ3) is 2.07. The normalized spacial score (nSPS) is 24.9. The SMILES string of the molecule is COc1ccc2c(c1)C(=O)N(C1CCC(=O)NC1=O)C2C. The highest BCUT2D eigenvalue weighted by Gasteiger charge is 2.43. The number of amides is 3. The van der Waals surface area contributed by atoms with Crippen molar-refractivity contribution in [2.24, 2.45) is 0 Å². The number of benzene rings is 1. The van der Waals surface area contributed by atoms with Gasteiger partial charge in [0.2, 0.25) is 11.8 Å². The zero-order valence-electron chi connectivity index (χ0n) is 11.9. The van der Waals surface area contributed by atoms with Crippen LogP contribution in [-0.2, 0) is 9.59 Å². The lowest BCUT2D eigenvalue weighted by Gasteiger charge is -2.32. The van der Waals surface area contributed by atoms with Gasteiger partial charge in [-0.15, -0.1) is 0 Å². The lowest BCUT2D eigenvalue weighted by atomic mass is 10.0. The summed E-state index contributed by atoms with van der Waals surface area (Å²) in [5.74, 6) is -0.258. The summed E-state index contributed by atoms with van der Waals surface area (Å²) >= 11 is 0. The van der Waals surface area contributed by atoms with Crippen molar-refractivity contribution in [3.63, 3.8) is 0 Å². The fourth-order valence-electron chi connectivity index (χ4n) is 3.04. The third-order valence-electron chi connectivity index (χ3n) is 4.14. The molecular formula is C15H16N2O4. The largest absolute Gasteiger partial charge is 0.497 e. The number of carbonyl (C=O) groups is 3. The van der Waals surface area contributed by atoms with Crippen molar-refractivity contribution in [2.45, 2.75) is 31.8 Å². The summed E-state index contributed by atoms with van der Waals surface area (Å²) < 4.78 is 5.14. The van der Waals surface area contributed by atoms with Gasteiger partial charge in [0.15, 0.2) is 0 Å². The molecule has 2 heterocycles. The molecule has 110 valence electrons. The Morgan fingerprint density at radius 1 is 1.29 bits per heavy atom. The Bertz CT molecular complexity index is 641. The van der Waals surface area contributed by atoms with Gasteiger partial charge in [0, 0.05) is 12.0 Å². The molecule has 0 saturated carbocycles. The van der Waals surface area contributed by atoms with Crippen LogP contribution >= 0.6 is 0 Å². The quantitative estimate of drug-likeness (QED) is 0.824. The van der Waals surface area contributed by atoms with Gasteiger partial charge in [-0.1, -0.05) is 6.07 Å². The maximum Gasteiger partial charge on any atom is 0.255 e. The summed E-state index contributed by atoms with van der Waals surface area (Å²) in [6, 6.07) is 4.56. The third-order valence-corrected chi connectivity index (χ3v) is 4.14. The van der Waals surface area contributed by atoms with E-state index in [0.717, 1.165) is 5.56 Å². The molecule has 0 aromatic heterocycles. The second-order valence-corrected chi connectivity index (χ2v) is 5.31. The minimum Gasteiger partial charge on any atom is -0.497 e. The van der Waals surface area contributed by atoms with Crippen LogP contribution in [0.5, 0.6) is 5.75 Å². The van der Waals surface area contributed by atoms with Crippen molar-refractivity contribution in [3.8, 4) is 5.75 Å². The van der Waals surface area contributed by atoms with Crippen LogP contribution in [0.15, 0.2) is 18.2 Å². The predicted octanol–water partition coefficient (Wildman–Crippen LogP) is 1.02. The number of rotatable bonds is 2. The Kier molecular flexibility index (Phi) is 3.16. The summed E-state index contributed by atoms with van der Waals surface area (Å²) in [4.78, 5) is 37.4. The van der Waals surface area contributed by atoms with Crippen LogP contribution < -0.4 is 10.1 Å². The average Bonchev–Trinajstić information content (AvgIpc) is 2.71. The molecule has 1 N–H and O–H groups in total. The first-order valence-electron chi connectivity index (χ1n) is 6.87. The fourth-order valence-corrected chi connectivity index (χ4v) is 3.04. The smallest absolute Gasteiger partial charge is 0.255 e. The molecule has 2 atom stereocenters. The standard InChI is InChI=1S/C15H16N2O4/c1-8-10-4-3-9(21-2)7-11(10)15(20)17(8)12-5-6-13(18)16-14(12)19/h3-4,7-8,12H,5-6H2,1-2H3,(H,16,18,19). The van der Waals surface area contributed by atoms with Gasteiger partial charge in [-0.05, 0) is 31.0 Å². The van der Waals surface area contributed by atoms with Crippen LogP contribution in [0, 0.1) is 0 Å². The molecule has 0 aliphatic carbocycles. The predicted molar refractivity (Wildman–Crippen MR) is 73.8 cm³/mol. The van der Waals surface area contributed by atoms with Crippen molar-refractivity contribution >= 4 is 17.7 Å². The van der Waals surface area contributed by atoms with Gasteiger partial charge in [0.25, 0.3) is 5.91 Å². The highest BCUT2D eigenvalue weighted by atomic mass is 16.5. The molecule has 6 heteroatoms.